The molecule has 6 heteroatoms. The molecule has 6 nitrogen and oxygen atoms in total. The molecule has 1 aliphatic rings. The van der Waals surface area contributed by atoms with Crippen molar-refractivity contribution in [2.75, 3.05) is 11.9 Å². The van der Waals surface area contributed by atoms with Gasteiger partial charge in [0.1, 0.15) is 0 Å². The number of carbonyl (C=O) groups is 1. The summed E-state index contributed by atoms with van der Waals surface area (Å²) in [6.07, 6.45) is 0.579. The fourth-order valence-corrected chi connectivity index (χ4v) is 2.43. The zero-order chi connectivity index (χ0) is 14.1. The number of nitrogens with one attached hydrogen (secondary N) is 3. The number of anilines is 1. The Balaban J connectivity index is 1.72. The molecule has 0 atom stereocenters. The summed E-state index contributed by atoms with van der Waals surface area (Å²) in [6.45, 7) is 2.95. The summed E-state index contributed by atoms with van der Waals surface area (Å²) in [4.78, 5) is 25.4. The summed E-state index contributed by atoms with van der Waals surface area (Å²) in [5.41, 5.74) is 3.34. The van der Waals surface area contributed by atoms with Crippen molar-refractivity contribution >= 4 is 11.7 Å². The van der Waals surface area contributed by atoms with Crippen molar-refractivity contribution in [1.82, 2.24) is 15.1 Å². The van der Waals surface area contributed by atoms with E-state index in [4.69, 9.17) is 0 Å². The van der Waals surface area contributed by atoms with Crippen LogP contribution in [0.15, 0.2) is 29.1 Å². The van der Waals surface area contributed by atoms with Crippen LogP contribution >= 0.6 is 0 Å². The SMILES string of the molecule is Cc1cccc(NC(=O)N2CCc3c([nH][nH]c3=O)C2)c1. The molecular weight excluding hydrogens is 256 g/mol. The summed E-state index contributed by atoms with van der Waals surface area (Å²) < 4.78 is 0. The van der Waals surface area contributed by atoms with E-state index >= 15 is 0 Å². The first kappa shape index (κ1) is 12.5. The predicted molar refractivity (Wildman–Crippen MR) is 75.7 cm³/mol. The number of nitrogens with zero attached hydrogens (tertiary/aromatic N) is 1. The number of aromatic amines is 2. The zero-order valence-corrected chi connectivity index (χ0v) is 11.2. The number of aromatic nitrogens is 2. The highest BCUT2D eigenvalue weighted by Gasteiger charge is 2.23. The summed E-state index contributed by atoms with van der Waals surface area (Å²) in [6, 6.07) is 7.52. The molecule has 1 aromatic carbocycles. The van der Waals surface area contributed by atoms with E-state index in [0.29, 0.717) is 19.5 Å². The van der Waals surface area contributed by atoms with Crippen LogP contribution in [0.2, 0.25) is 0 Å². The van der Waals surface area contributed by atoms with E-state index in [-0.39, 0.29) is 11.6 Å². The minimum atomic E-state index is -0.150. The molecule has 0 saturated carbocycles. The van der Waals surface area contributed by atoms with Gasteiger partial charge in [-0.25, -0.2) is 4.79 Å². The number of hydrogen-bond acceptors (Lipinski definition) is 2. The molecule has 0 bridgehead atoms. The standard InChI is InChI=1S/C14H16N4O2/c1-9-3-2-4-10(7-9)15-14(20)18-6-5-11-12(8-18)16-17-13(11)19/h2-4,7H,5-6,8H2,1H3,(H,15,20)(H2,16,17,19). The average Bonchev–Trinajstić information content (AvgIpc) is 2.80. The second-order valence-corrected chi connectivity index (χ2v) is 5.01. The number of amides is 2. The first-order valence-electron chi connectivity index (χ1n) is 6.54. The molecule has 104 valence electrons. The monoisotopic (exact) mass is 272 g/mol. The third-order valence-electron chi connectivity index (χ3n) is 3.50. The van der Waals surface area contributed by atoms with Crippen LogP contribution in [0.4, 0.5) is 10.5 Å². The Hall–Kier alpha value is -2.50. The summed E-state index contributed by atoms with van der Waals surface area (Å²) in [5, 5.41) is 8.26. The number of benzene rings is 1. The third-order valence-corrected chi connectivity index (χ3v) is 3.50. The summed E-state index contributed by atoms with van der Waals surface area (Å²) in [5.74, 6) is 0. The number of hydrogen-bond donors (Lipinski definition) is 3. The van der Waals surface area contributed by atoms with E-state index in [0.717, 1.165) is 22.5 Å². The maximum Gasteiger partial charge on any atom is 0.322 e. The highest BCUT2D eigenvalue weighted by atomic mass is 16.2. The highest BCUT2D eigenvalue weighted by Crippen LogP contribution is 2.15. The van der Waals surface area contributed by atoms with Gasteiger partial charge < -0.3 is 15.3 Å². The molecule has 1 aliphatic heterocycles. The fraction of sp³-hybridized carbons (Fsp3) is 0.286. The lowest BCUT2D eigenvalue weighted by Gasteiger charge is -2.26. The number of urea groups is 1. The molecule has 0 radical (unpaired) electrons. The molecule has 1 aromatic heterocycles. The highest BCUT2D eigenvalue weighted by molar-refractivity contribution is 5.89. The van der Waals surface area contributed by atoms with E-state index < -0.39 is 0 Å². The molecule has 20 heavy (non-hydrogen) atoms. The normalized spacial score (nSPS) is 13.9. The zero-order valence-electron chi connectivity index (χ0n) is 11.2. The quantitative estimate of drug-likeness (QED) is 0.737. The lowest BCUT2D eigenvalue weighted by atomic mass is 10.1. The van der Waals surface area contributed by atoms with Crippen molar-refractivity contribution in [2.24, 2.45) is 0 Å². The van der Waals surface area contributed by atoms with E-state index in [2.05, 4.69) is 15.5 Å². The van der Waals surface area contributed by atoms with Crippen LogP contribution in [0, 0.1) is 6.92 Å². The molecule has 2 heterocycles. The average molecular weight is 272 g/mol. The van der Waals surface area contributed by atoms with Crippen molar-refractivity contribution in [1.29, 1.82) is 0 Å². The molecule has 0 unspecified atom stereocenters. The van der Waals surface area contributed by atoms with Gasteiger partial charge in [-0.15, -0.1) is 0 Å². The Labute approximate surface area is 115 Å². The van der Waals surface area contributed by atoms with Gasteiger partial charge in [-0.05, 0) is 31.0 Å². The van der Waals surface area contributed by atoms with Crippen LogP contribution < -0.4 is 10.9 Å². The molecule has 3 rings (SSSR count). The number of carbonyl (C=O) groups excluding carboxylic acids is 1. The Morgan fingerprint density at radius 3 is 3.00 bits per heavy atom. The van der Waals surface area contributed by atoms with Crippen molar-refractivity contribution in [3.8, 4) is 0 Å². The van der Waals surface area contributed by atoms with Crippen molar-refractivity contribution in [2.45, 2.75) is 19.9 Å². The molecular formula is C14H16N4O2. The van der Waals surface area contributed by atoms with Crippen LogP contribution in [0.5, 0.6) is 0 Å². The molecule has 3 N–H and O–H groups in total. The molecule has 2 aromatic rings. The fourth-order valence-electron chi connectivity index (χ4n) is 2.43. The van der Waals surface area contributed by atoms with E-state index in [1.807, 2.05) is 31.2 Å². The minimum absolute atomic E-state index is 0.0845. The van der Waals surface area contributed by atoms with E-state index in [1.54, 1.807) is 4.90 Å². The minimum Gasteiger partial charge on any atom is -0.318 e. The molecule has 0 aliphatic carbocycles. The van der Waals surface area contributed by atoms with E-state index in [1.165, 1.54) is 0 Å². The van der Waals surface area contributed by atoms with Gasteiger partial charge in [-0.1, -0.05) is 12.1 Å². The van der Waals surface area contributed by atoms with Crippen molar-refractivity contribution in [3.05, 3.63) is 51.4 Å². The predicted octanol–water partition coefficient (Wildman–Crippen LogP) is 1.60. The molecule has 2 amide bonds. The Morgan fingerprint density at radius 1 is 1.35 bits per heavy atom. The van der Waals surface area contributed by atoms with Gasteiger partial charge in [0.15, 0.2) is 0 Å². The number of aryl methyl sites for hydroxylation is 1. The van der Waals surface area contributed by atoms with Crippen LogP contribution in [0.25, 0.3) is 0 Å². The number of H-pyrrole nitrogens is 2. The molecule has 0 saturated heterocycles. The van der Waals surface area contributed by atoms with Crippen molar-refractivity contribution in [3.63, 3.8) is 0 Å². The third kappa shape index (κ3) is 2.32. The maximum absolute atomic E-state index is 12.2. The molecule has 0 fully saturated rings. The van der Waals surface area contributed by atoms with Gasteiger partial charge in [0.2, 0.25) is 0 Å². The first-order chi connectivity index (χ1) is 9.63. The summed E-state index contributed by atoms with van der Waals surface area (Å²) >= 11 is 0. The topological polar surface area (TPSA) is 81.0 Å². The van der Waals surface area contributed by atoms with Gasteiger partial charge >= 0.3 is 6.03 Å². The summed E-state index contributed by atoms with van der Waals surface area (Å²) in [7, 11) is 0. The number of fused-ring (bicyclic) bond motifs is 1. The lowest BCUT2D eigenvalue weighted by molar-refractivity contribution is 0.205. The Bertz CT molecular complexity index is 701. The van der Waals surface area contributed by atoms with Gasteiger partial charge in [0.05, 0.1) is 12.2 Å². The Morgan fingerprint density at radius 2 is 2.20 bits per heavy atom. The van der Waals surface area contributed by atoms with E-state index in [9.17, 15) is 9.59 Å². The van der Waals surface area contributed by atoms with Crippen LogP contribution in [-0.2, 0) is 13.0 Å². The van der Waals surface area contributed by atoms with Gasteiger partial charge in [0, 0.05) is 17.8 Å². The Kier molecular flexibility index (Phi) is 3.06. The maximum atomic E-state index is 12.2. The second-order valence-electron chi connectivity index (χ2n) is 5.01. The molecule has 0 spiro atoms. The van der Waals surface area contributed by atoms with Crippen LogP contribution in [-0.4, -0.2) is 27.7 Å². The number of rotatable bonds is 1. The second kappa shape index (κ2) is 4.88. The largest absolute Gasteiger partial charge is 0.322 e. The smallest absolute Gasteiger partial charge is 0.318 e. The van der Waals surface area contributed by atoms with Crippen LogP contribution in [0.3, 0.4) is 0 Å². The van der Waals surface area contributed by atoms with Gasteiger partial charge in [0.25, 0.3) is 5.56 Å². The van der Waals surface area contributed by atoms with Crippen LogP contribution in [0.1, 0.15) is 16.8 Å². The first-order valence-corrected chi connectivity index (χ1v) is 6.54. The van der Waals surface area contributed by atoms with Gasteiger partial charge in [-0.2, -0.15) is 0 Å². The van der Waals surface area contributed by atoms with Gasteiger partial charge in [-0.3, -0.25) is 9.89 Å². The lowest BCUT2D eigenvalue weighted by Crippen LogP contribution is -2.39. The van der Waals surface area contributed by atoms with Crippen molar-refractivity contribution < 1.29 is 4.79 Å².